The minimum Gasteiger partial charge on any atom is -0.314 e. The maximum Gasteiger partial charge on any atom is 0.0465 e. The molecule has 0 radical (unpaired) electrons. The fraction of sp³-hybridized carbons (Fsp3) is 0.167. The number of anilines is 5. The van der Waals surface area contributed by atoms with Crippen LogP contribution in [0.25, 0.3) is 16.7 Å². The van der Waals surface area contributed by atoms with E-state index in [0.717, 1.165) is 24.2 Å². The van der Waals surface area contributed by atoms with Gasteiger partial charge in [-0.15, -0.1) is 0 Å². The van der Waals surface area contributed by atoms with Gasteiger partial charge in [-0.2, -0.15) is 0 Å². The number of benzene rings is 6. The van der Waals surface area contributed by atoms with Gasteiger partial charge in [0.05, 0.1) is 0 Å². The van der Waals surface area contributed by atoms with Crippen LogP contribution in [-0.4, -0.2) is 0 Å². The second-order valence-corrected chi connectivity index (χ2v) is 14.9. The van der Waals surface area contributed by atoms with Gasteiger partial charge in [0.2, 0.25) is 0 Å². The van der Waals surface area contributed by atoms with E-state index >= 15 is 0 Å². The first-order valence-electron chi connectivity index (χ1n) is 17.9. The van der Waals surface area contributed by atoms with E-state index in [9.17, 15) is 0 Å². The molecule has 0 atom stereocenters. The van der Waals surface area contributed by atoms with Crippen molar-refractivity contribution in [3.8, 4) is 11.1 Å². The summed E-state index contributed by atoms with van der Waals surface area (Å²) in [5.74, 6) is 0. The minimum absolute atomic E-state index is 0.136. The van der Waals surface area contributed by atoms with Crippen LogP contribution < -0.4 is 9.80 Å². The maximum atomic E-state index is 2.52. The summed E-state index contributed by atoms with van der Waals surface area (Å²) >= 11 is 0. The van der Waals surface area contributed by atoms with Gasteiger partial charge >= 0.3 is 0 Å². The lowest BCUT2D eigenvalue weighted by Gasteiger charge is -2.34. The van der Waals surface area contributed by atoms with E-state index in [1.165, 1.54) is 67.3 Å². The average Bonchev–Trinajstić information content (AvgIpc) is 3.52. The molecule has 9 rings (SSSR count). The van der Waals surface area contributed by atoms with Crippen molar-refractivity contribution in [1.29, 1.82) is 0 Å². The first kappa shape index (κ1) is 30.5. The predicted molar refractivity (Wildman–Crippen MR) is 211 cm³/mol. The number of nitrogens with zero attached hydrogens (tertiary/aromatic N) is 2. The van der Waals surface area contributed by atoms with Gasteiger partial charge in [-0.05, 0) is 124 Å². The molecule has 50 heavy (non-hydrogen) atoms. The van der Waals surface area contributed by atoms with Crippen LogP contribution in [0, 0.1) is 0 Å². The Balaban J connectivity index is 1.15. The molecule has 2 nitrogen and oxygen atoms in total. The number of hydrogen-bond donors (Lipinski definition) is 0. The Hall–Kier alpha value is -5.60. The molecule has 0 bridgehead atoms. The third-order valence-corrected chi connectivity index (χ3v) is 11.3. The van der Waals surface area contributed by atoms with Crippen molar-refractivity contribution in [1.82, 2.24) is 0 Å². The summed E-state index contributed by atoms with van der Waals surface area (Å²) in [7, 11) is 0. The van der Waals surface area contributed by atoms with Crippen LogP contribution in [0.4, 0.5) is 28.4 Å². The Morgan fingerprint density at radius 2 is 0.880 bits per heavy atom. The van der Waals surface area contributed by atoms with Crippen LogP contribution in [0.2, 0.25) is 0 Å². The third-order valence-electron chi connectivity index (χ3n) is 11.3. The summed E-state index contributed by atoms with van der Waals surface area (Å²) in [6, 6.07) is 55.1. The van der Waals surface area contributed by atoms with Crippen LogP contribution in [0.15, 0.2) is 169 Å². The van der Waals surface area contributed by atoms with E-state index in [-0.39, 0.29) is 10.8 Å². The zero-order valence-corrected chi connectivity index (χ0v) is 29.3. The highest BCUT2D eigenvalue weighted by Gasteiger charge is 2.47. The fourth-order valence-corrected chi connectivity index (χ4v) is 9.03. The maximum absolute atomic E-state index is 2.52. The van der Waals surface area contributed by atoms with Crippen molar-refractivity contribution >= 4 is 34.0 Å². The molecule has 2 heteroatoms. The van der Waals surface area contributed by atoms with Crippen molar-refractivity contribution < 1.29 is 0 Å². The van der Waals surface area contributed by atoms with Gasteiger partial charge in [0, 0.05) is 45.0 Å². The normalized spacial score (nSPS) is 16.2. The Bertz CT molecular complexity index is 2220. The molecule has 3 aliphatic rings. The predicted octanol–water partition coefficient (Wildman–Crippen LogP) is 13.0. The van der Waals surface area contributed by atoms with Gasteiger partial charge in [0.25, 0.3) is 0 Å². The summed E-state index contributed by atoms with van der Waals surface area (Å²) in [6.07, 6.45) is 4.56. The van der Waals surface area contributed by atoms with Crippen molar-refractivity contribution in [2.45, 2.75) is 51.4 Å². The monoisotopic (exact) mass is 646 g/mol. The number of para-hydroxylation sites is 4. The molecule has 0 spiro atoms. The van der Waals surface area contributed by atoms with E-state index in [0.29, 0.717) is 0 Å². The zero-order valence-electron chi connectivity index (χ0n) is 29.3. The van der Waals surface area contributed by atoms with Crippen molar-refractivity contribution in [3.63, 3.8) is 0 Å². The van der Waals surface area contributed by atoms with Crippen molar-refractivity contribution in [2.24, 2.45) is 0 Å². The van der Waals surface area contributed by atoms with Crippen LogP contribution >= 0.6 is 0 Å². The zero-order chi connectivity index (χ0) is 34.0. The van der Waals surface area contributed by atoms with Gasteiger partial charge in [0.15, 0.2) is 0 Å². The number of rotatable bonds is 6. The van der Waals surface area contributed by atoms with E-state index in [4.69, 9.17) is 0 Å². The van der Waals surface area contributed by atoms with E-state index in [1.54, 1.807) is 0 Å². The lowest BCUT2D eigenvalue weighted by Crippen LogP contribution is -2.26. The molecule has 0 N–H and O–H groups in total. The highest BCUT2D eigenvalue weighted by Crippen LogP contribution is 2.60. The average molecular weight is 647 g/mol. The largest absolute Gasteiger partial charge is 0.314 e. The smallest absolute Gasteiger partial charge is 0.0465 e. The molecule has 0 fully saturated rings. The number of allylic oxidation sites excluding steroid dienone is 4. The molecule has 0 saturated carbocycles. The lowest BCUT2D eigenvalue weighted by molar-refractivity contribution is 0.595. The molecule has 6 aromatic carbocycles. The molecule has 0 heterocycles. The van der Waals surface area contributed by atoms with E-state index in [1.807, 2.05) is 0 Å². The molecule has 6 aromatic rings. The van der Waals surface area contributed by atoms with Gasteiger partial charge in [0.1, 0.15) is 0 Å². The second kappa shape index (κ2) is 11.5. The summed E-state index contributed by atoms with van der Waals surface area (Å²) in [5.41, 5.74) is 18.5. The van der Waals surface area contributed by atoms with Gasteiger partial charge in [-0.25, -0.2) is 0 Å². The van der Waals surface area contributed by atoms with E-state index < -0.39 is 0 Å². The SMILES string of the molecule is CC1(C)C2=C(CCC(N(c3ccccc3)c3ccccc3)=C2)c2ccc3c(c21)C(C)(C)c1cc(N(c2ccccc2)c2ccccc2)ccc1-3. The standard InChI is InChI=1S/C48H42N2/c1-47(2)43-31-37(49(33-17-9-5-10-18-33)34-19-11-6-12-20-34)25-27-39(43)41-29-30-42-40-28-26-38(32-44(40)48(3,4)46(42)45(41)47)50(35-21-13-7-14-22-35)36-23-15-8-16-24-36/h5-25,27,29-32H,26,28H2,1-4H3. The van der Waals surface area contributed by atoms with Gasteiger partial charge < -0.3 is 9.80 Å². The first-order chi connectivity index (χ1) is 24.3. The summed E-state index contributed by atoms with van der Waals surface area (Å²) < 4.78 is 0. The number of hydrogen-bond acceptors (Lipinski definition) is 2. The molecule has 244 valence electrons. The third kappa shape index (κ3) is 4.62. The Morgan fingerprint density at radius 1 is 0.420 bits per heavy atom. The summed E-state index contributed by atoms with van der Waals surface area (Å²) in [5, 5.41) is 0. The van der Waals surface area contributed by atoms with Crippen LogP contribution in [0.3, 0.4) is 0 Å². The topological polar surface area (TPSA) is 6.48 Å². The molecular weight excluding hydrogens is 605 g/mol. The first-order valence-corrected chi connectivity index (χ1v) is 17.9. The van der Waals surface area contributed by atoms with Crippen LogP contribution in [0.1, 0.15) is 62.8 Å². The van der Waals surface area contributed by atoms with Gasteiger partial charge in [-0.3, -0.25) is 0 Å². The molecule has 0 aliphatic heterocycles. The summed E-state index contributed by atoms with van der Waals surface area (Å²) in [6.45, 7) is 9.80. The summed E-state index contributed by atoms with van der Waals surface area (Å²) in [4.78, 5) is 4.84. The van der Waals surface area contributed by atoms with Crippen molar-refractivity contribution in [2.75, 3.05) is 9.80 Å². The molecular formula is C48H42N2. The molecule has 0 amide bonds. The quantitative estimate of drug-likeness (QED) is 0.178. The molecule has 0 saturated heterocycles. The van der Waals surface area contributed by atoms with Crippen LogP contribution in [-0.2, 0) is 10.8 Å². The fourth-order valence-electron chi connectivity index (χ4n) is 9.03. The van der Waals surface area contributed by atoms with Gasteiger partial charge in [-0.1, -0.05) is 119 Å². The lowest BCUT2D eigenvalue weighted by atomic mass is 9.71. The highest BCUT2D eigenvalue weighted by atomic mass is 15.2. The Kier molecular flexibility index (Phi) is 7.00. The second-order valence-electron chi connectivity index (χ2n) is 14.9. The molecule has 0 aromatic heterocycles. The van der Waals surface area contributed by atoms with Crippen molar-refractivity contribution in [3.05, 3.63) is 191 Å². The van der Waals surface area contributed by atoms with Crippen LogP contribution in [0.5, 0.6) is 0 Å². The molecule has 3 aliphatic carbocycles. The Morgan fingerprint density at radius 3 is 1.42 bits per heavy atom. The Labute approximate surface area is 296 Å². The highest BCUT2D eigenvalue weighted by molar-refractivity contribution is 5.93. The minimum atomic E-state index is -0.163. The molecule has 0 unspecified atom stereocenters. The van der Waals surface area contributed by atoms with E-state index in [2.05, 4.69) is 195 Å². The number of fused-ring (bicyclic) bond motifs is 6.